The predicted molar refractivity (Wildman–Crippen MR) is 53.3 cm³/mol. The first-order valence-electron chi connectivity index (χ1n) is 4.75. The summed E-state index contributed by atoms with van der Waals surface area (Å²) in [6, 6.07) is 5.57. The predicted octanol–water partition coefficient (Wildman–Crippen LogP) is 0.835. The molecule has 0 aromatic carbocycles. The Bertz CT molecular complexity index is 478. The fourth-order valence-corrected chi connectivity index (χ4v) is 1.35. The first-order chi connectivity index (χ1) is 7.31. The number of pyridine rings is 1. The molecule has 0 aliphatic heterocycles. The van der Waals surface area contributed by atoms with Gasteiger partial charge in [0.2, 0.25) is 0 Å². The molecule has 2 heterocycles. The van der Waals surface area contributed by atoms with E-state index in [0.717, 1.165) is 5.65 Å². The highest BCUT2D eigenvalue weighted by Crippen LogP contribution is 2.03. The zero-order valence-electron chi connectivity index (χ0n) is 8.38. The maximum Gasteiger partial charge on any atom is 0.313 e. The normalized spacial score (nSPS) is 10.5. The van der Waals surface area contributed by atoms with Crippen molar-refractivity contribution in [3.63, 3.8) is 0 Å². The van der Waals surface area contributed by atoms with E-state index in [1.165, 1.54) is 0 Å². The highest BCUT2D eigenvalue weighted by atomic mass is 16.5. The van der Waals surface area contributed by atoms with Crippen molar-refractivity contribution in [3.8, 4) is 0 Å². The Balaban J connectivity index is 2.25. The van der Waals surface area contributed by atoms with Crippen LogP contribution in [0.5, 0.6) is 0 Å². The minimum Gasteiger partial charge on any atom is -0.466 e. The number of fused-ring (bicyclic) bond motifs is 1. The van der Waals surface area contributed by atoms with E-state index in [1.54, 1.807) is 11.3 Å². The minimum absolute atomic E-state index is 0.152. The maximum absolute atomic E-state index is 11.3. The number of rotatable bonds is 3. The lowest BCUT2D eigenvalue weighted by Gasteiger charge is -1.99. The van der Waals surface area contributed by atoms with E-state index >= 15 is 0 Å². The number of esters is 1. The van der Waals surface area contributed by atoms with Gasteiger partial charge in [-0.1, -0.05) is 6.07 Å². The Morgan fingerprint density at radius 1 is 1.47 bits per heavy atom. The molecule has 0 aliphatic rings. The number of nitrogens with zero attached hydrogens (tertiary/aromatic N) is 3. The quantitative estimate of drug-likeness (QED) is 0.696. The molecule has 0 radical (unpaired) electrons. The van der Waals surface area contributed by atoms with Crippen molar-refractivity contribution < 1.29 is 9.53 Å². The van der Waals surface area contributed by atoms with Crippen LogP contribution in [0.4, 0.5) is 0 Å². The summed E-state index contributed by atoms with van der Waals surface area (Å²) in [5.41, 5.74) is 0.733. The maximum atomic E-state index is 11.3. The van der Waals surface area contributed by atoms with Crippen LogP contribution in [0.25, 0.3) is 5.65 Å². The average molecular weight is 205 g/mol. The van der Waals surface area contributed by atoms with Crippen molar-refractivity contribution in [3.05, 3.63) is 30.2 Å². The number of carbonyl (C=O) groups is 1. The Morgan fingerprint density at radius 2 is 2.33 bits per heavy atom. The summed E-state index contributed by atoms with van der Waals surface area (Å²) < 4.78 is 6.62. The van der Waals surface area contributed by atoms with Crippen molar-refractivity contribution in [2.75, 3.05) is 6.61 Å². The molecule has 0 amide bonds. The van der Waals surface area contributed by atoms with Gasteiger partial charge in [-0.2, -0.15) is 0 Å². The lowest BCUT2D eigenvalue weighted by molar-refractivity contribution is -0.142. The van der Waals surface area contributed by atoms with Crippen molar-refractivity contribution in [2.45, 2.75) is 13.3 Å². The second-order valence-electron chi connectivity index (χ2n) is 3.03. The number of ether oxygens (including phenoxy) is 1. The molecule has 5 nitrogen and oxygen atoms in total. The first-order valence-corrected chi connectivity index (χ1v) is 4.75. The summed E-state index contributed by atoms with van der Waals surface area (Å²) in [4.78, 5) is 11.3. The number of hydrogen-bond acceptors (Lipinski definition) is 4. The van der Waals surface area contributed by atoms with Crippen LogP contribution in [0.15, 0.2) is 24.4 Å². The van der Waals surface area contributed by atoms with Crippen LogP contribution in [-0.2, 0) is 16.0 Å². The van der Waals surface area contributed by atoms with Gasteiger partial charge in [-0.25, -0.2) is 0 Å². The molecule has 2 rings (SSSR count). The van der Waals surface area contributed by atoms with Crippen molar-refractivity contribution in [1.29, 1.82) is 0 Å². The molecular formula is C10H11N3O2. The summed E-state index contributed by atoms with van der Waals surface area (Å²) in [6.07, 6.45) is 1.98. The molecule has 0 fully saturated rings. The SMILES string of the molecule is CCOC(=O)Cc1nnc2ccccn12. The standard InChI is InChI=1S/C10H11N3O2/c1-2-15-10(14)7-9-12-11-8-5-3-4-6-13(8)9/h3-6H,2,7H2,1H3. The molecule has 78 valence electrons. The van der Waals surface area contributed by atoms with E-state index < -0.39 is 0 Å². The number of aromatic nitrogens is 3. The monoisotopic (exact) mass is 205 g/mol. The van der Waals surface area contributed by atoms with Crippen LogP contribution < -0.4 is 0 Å². The zero-order chi connectivity index (χ0) is 10.7. The molecule has 0 spiro atoms. The molecule has 0 saturated carbocycles. The van der Waals surface area contributed by atoms with Crippen LogP contribution >= 0.6 is 0 Å². The summed E-state index contributed by atoms with van der Waals surface area (Å²) in [6.45, 7) is 2.16. The fourth-order valence-electron chi connectivity index (χ4n) is 1.35. The van der Waals surface area contributed by atoms with Crippen LogP contribution in [0.2, 0.25) is 0 Å². The highest BCUT2D eigenvalue weighted by molar-refractivity contribution is 5.71. The van der Waals surface area contributed by atoms with E-state index in [-0.39, 0.29) is 12.4 Å². The fraction of sp³-hybridized carbons (Fsp3) is 0.300. The van der Waals surface area contributed by atoms with Gasteiger partial charge < -0.3 is 4.74 Å². The third-order valence-corrected chi connectivity index (χ3v) is 1.99. The van der Waals surface area contributed by atoms with Crippen LogP contribution in [0.1, 0.15) is 12.7 Å². The van der Waals surface area contributed by atoms with Crippen LogP contribution in [0.3, 0.4) is 0 Å². The molecule has 15 heavy (non-hydrogen) atoms. The molecule has 5 heteroatoms. The molecule has 0 N–H and O–H groups in total. The van der Waals surface area contributed by atoms with E-state index in [1.807, 2.05) is 24.4 Å². The summed E-state index contributed by atoms with van der Waals surface area (Å²) >= 11 is 0. The van der Waals surface area contributed by atoms with Crippen LogP contribution in [0, 0.1) is 0 Å². The van der Waals surface area contributed by atoms with Gasteiger partial charge in [0.15, 0.2) is 5.65 Å². The van der Waals surface area contributed by atoms with Gasteiger partial charge in [0.1, 0.15) is 12.2 Å². The molecule has 0 saturated heterocycles. The van der Waals surface area contributed by atoms with Crippen molar-refractivity contribution in [1.82, 2.24) is 14.6 Å². The largest absolute Gasteiger partial charge is 0.466 e. The topological polar surface area (TPSA) is 56.5 Å². The number of carbonyl (C=O) groups excluding carboxylic acids is 1. The summed E-state index contributed by atoms with van der Waals surface area (Å²) in [5, 5.41) is 7.87. The second-order valence-corrected chi connectivity index (χ2v) is 3.03. The van der Waals surface area contributed by atoms with Gasteiger partial charge in [0, 0.05) is 6.20 Å². The van der Waals surface area contributed by atoms with Gasteiger partial charge in [0.25, 0.3) is 0 Å². The number of hydrogen-bond donors (Lipinski definition) is 0. The molecular weight excluding hydrogens is 194 g/mol. The third-order valence-electron chi connectivity index (χ3n) is 1.99. The lowest BCUT2D eigenvalue weighted by atomic mass is 10.4. The molecule has 0 aliphatic carbocycles. The Hall–Kier alpha value is -1.91. The van der Waals surface area contributed by atoms with E-state index in [4.69, 9.17) is 4.74 Å². The Labute approximate surface area is 86.7 Å². The van der Waals surface area contributed by atoms with Gasteiger partial charge in [-0.3, -0.25) is 9.20 Å². The molecule has 0 unspecified atom stereocenters. The lowest BCUT2D eigenvalue weighted by Crippen LogP contribution is -2.10. The Morgan fingerprint density at radius 3 is 3.13 bits per heavy atom. The molecule has 2 aromatic heterocycles. The highest BCUT2D eigenvalue weighted by Gasteiger charge is 2.10. The summed E-state index contributed by atoms with van der Waals surface area (Å²) in [7, 11) is 0. The second kappa shape index (κ2) is 4.08. The van der Waals surface area contributed by atoms with Gasteiger partial charge in [0.05, 0.1) is 6.61 Å². The Kier molecular flexibility index (Phi) is 2.62. The third kappa shape index (κ3) is 1.96. The van der Waals surface area contributed by atoms with E-state index in [0.29, 0.717) is 12.4 Å². The van der Waals surface area contributed by atoms with Gasteiger partial charge in [-0.05, 0) is 19.1 Å². The molecule has 0 atom stereocenters. The van der Waals surface area contributed by atoms with Crippen LogP contribution in [-0.4, -0.2) is 27.2 Å². The molecule has 0 bridgehead atoms. The molecule has 2 aromatic rings. The zero-order valence-corrected chi connectivity index (χ0v) is 8.38. The smallest absolute Gasteiger partial charge is 0.313 e. The van der Waals surface area contributed by atoms with E-state index in [9.17, 15) is 4.79 Å². The van der Waals surface area contributed by atoms with Crippen molar-refractivity contribution >= 4 is 11.6 Å². The van der Waals surface area contributed by atoms with Gasteiger partial charge in [-0.15, -0.1) is 10.2 Å². The minimum atomic E-state index is -0.282. The average Bonchev–Trinajstić information content (AvgIpc) is 2.62. The first kappa shape index (κ1) is 9.64. The van der Waals surface area contributed by atoms with E-state index in [2.05, 4.69) is 10.2 Å². The van der Waals surface area contributed by atoms with Gasteiger partial charge >= 0.3 is 5.97 Å². The summed E-state index contributed by atoms with van der Waals surface area (Å²) in [5.74, 6) is 0.319. The van der Waals surface area contributed by atoms with Crippen molar-refractivity contribution in [2.24, 2.45) is 0 Å².